The molecule has 0 bridgehead atoms. The van der Waals surface area contributed by atoms with Crippen LogP contribution in [0.2, 0.25) is 0 Å². The van der Waals surface area contributed by atoms with Crippen LogP contribution in [-0.2, 0) is 30.8 Å². The van der Waals surface area contributed by atoms with Crippen LogP contribution in [0.5, 0.6) is 0 Å². The minimum atomic E-state index is -3.75. The topological polar surface area (TPSA) is 82.0 Å². The Kier molecular flexibility index (Phi) is 6.43. The van der Waals surface area contributed by atoms with Gasteiger partial charge in [-0.25, -0.2) is 8.42 Å². The highest BCUT2D eigenvalue weighted by molar-refractivity contribution is 9.10. The summed E-state index contributed by atoms with van der Waals surface area (Å²) in [5.74, 6) is -0.787. The third kappa shape index (κ3) is 5.05. The van der Waals surface area contributed by atoms with Crippen LogP contribution >= 0.6 is 15.9 Å². The van der Waals surface area contributed by atoms with Gasteiger partial charge in [0, 0.05) is 23.6 Å². The molecule has 0 saturated heterocycles. The number of nitrogens with zero attached hydrogens (tertiary/aromatic N) is 1. The van der Waals surface area contributed by atoms with E-state index in [2.05, 4.69) is 21.1 Å². The average Bonchev–Trinajstić information content (AvgIpc) is 3.14. The number of hydrogen-bond acceptors (Lipinski definition) is 6. The van der Waals surface area contributed by atoms with E-state index in [-0.39, 0.29) is 13.0 Å². The molecule has 2 atom stereocenters. The zero-order valence-corrected chi connectivity index (χ0v) is 18.6. The van der Waals surface area contributed by atoms with Crippen LogP contribution in [0.15, 0.2) is 64.2 Å². The highest BCUT2D eigenvalue weighted by Crippen LogP contribution is 2.30. The van der Waals surface area contributed by atoms with Crippen LogP contribution in [0, 0.1) is 0 Å². The summed E-state index contributed by atoms with van der Waals surface area (Å²) in [6.45, 7) is 1.40. The van der Waals surface area contributed by atoms with E-state index in [9.17, 15) is 13.2 Å². The van der Waals surface area contributed by atoms with E-state index in [1.54, 1.807) is 0 Å². The number of carbonyl (C=O) groups is 1. The summed E-state index contributed by atoms with van der Waals surface area (Å²) in [6, 6.07) is 16.7. The predicted molar refractivity (Wildman–Crippen MR) is 114 cm³/mol. The second-order valence-electron chi connectivity index (χ2n) is 7.25. The molecule has 0 radical (unpaired) electrons. The third-order valence-electron chi connectivity index (χ3n) is 4.99. The predicted octanol–water partition coefficient (Wildman–Crippen LogP) is 3.88. The SMILES string of the molecule is CC(CC1CC(c2ccc(Br)cc2)=NO1)(C(=O)OCc1ccccc1)S(C)(=O)=O. The van der Waals surface area contributed by atoms with Crippen LogP contribution in [-0.4, -0.2) is 37.2 Å². The smallest absolute Gasteiger partial charge is 0.327 e. The molecule has 0 N–H and O–H groups in total. The minimum Gasteiger partial charge on any atom is -0.460 e. The van der Waals surface area contributed by atoms with Gasteiger partial charge in [-0.05, 0) is 30.2 Å². The van der Waals surface area contributed by atoms with Crippen molar-refractivity contribution >= 4 is 37.4 Å². The van der Waals surface area contributed by atoms with Crippen molar-refractivity contribution < 1.29 is 22.8 Å². The Balaban J connectivity index is 1.69. The molecular weight excluding hydrogens is 458 g/mol. The highest BCUT2D eigenvalue weighted by Gasteiger charge is 2.48. The molecule has 154 valence electrons. The van der Waals surface area contributed by atoms with E-state index in [4.69, 9.17) is 9.57 Å². The van der Waals surface area contributed by atoms with Gasteiger partial charge in [0.15, 0.2) is 14.6 Å². The summed E-state index contributed by atoms with van der Waals surface area (Å²) in [5, 5.41) is 4.09. The number of rotatable bonds is 7. The molecule has 0 saturated carbocycles. The van der Waals surface area contributed by atoms with Gasteiger partial charge in [0.1, 0.15) is 12.7 Å². The van der Waals surface area contributed by atoms with Crippen LogP contribution < -0.4 is 0 Å². The molecule has 2 unspecified atom stereocenters. The molecule has 6 nitrogen and oxygen atoms in total. The maximum atomic E-state index is 12.8. The number of carbonyl (C=O) groups excluding carboxylic acids is 1. The number of halogens is 1. The molecule has 2 aromatic rings. The molecule has 0 aromatic heterocycles. The number of benzene rings is 2. The van der Waals surface area contributed by atoms with Crippen LogP contribution in [0.3, 0.4) is 0 Å². The van der Waals surface area contributed by atoms with Crippen LogP contribution in [0.1, 0.15) is 30.9 Å². The third-order valence-corrected chi connectivity index (χ3v) is 7.49. The fraction of sp³-hybridized carbons (Fsp3) is 0.333. The molecular formula is C21H22BrNO5S. The van der Waals surface area contributed by atoms with Gasteiger partial charge >= 0.3 is 5.97 Å². The summed E-state index contributed by atoms with van der Waals surface area (Å²) < 4.78 is 29.5. The maximum absolute atomic E-state index is 12.8. The molecule has 0 amide bonds. The summed E-state index contributed by atoms with van der Waals surface area (Å²) in [4.78, 5) is 18.2. The minimum absolute atomic E-state index is 0.0109. The monoisotopic (exact) mass is 479 g/mol. The molecule has 0 aliphatic carbocycles. The van der Waals surface area contributed by atoms with Crippen LogP contribution in [0.4, 0.5) is 0 Å². The lowest BCUT2D eigenvalue weighted by molar-refractivity contribution is -0.148. The lowest BCUT2D eigenvalue weighted by Crippen LogP contribution is -2.46. The molecule has 3 rings (SSSR count). The average molecular weight is 480 g/mol. The Morgan fingerprint density at radius 2 is 1.86 bits per heavy atom. The number of oxime groups is 1. The first kappa shape index (κ1) is 21.5. The number of hydrogen-bond donors (Lipinski definition) is 0. The Bertz CT molecular complexity index is 1010. The highest BCUT2D eigenvalue weighted by atomic mass is 79.9. The molecule has 2 aromatic carbocycles. The quantitative estimate of drug-likeness (QED) is 0.562. The summed E-state index contributed by atoms with van der Waals surface area (Å²) in [6.07, 6.45) is 0.891. The van der Waals surface area contributed by atoms with E-state index in [1.807, 2.05) is 54.6 Å². The van der Waals surface area contributed by atoms with Crippen molar-refractivity contribution in [1.82, 2.24) is 0 Å². The number of ether oxygens (including phenoxy) is 1. The van der Waals surface area contributed by atoms with Crippen molar-refractivity contribution in [2.45, 2.75) is 37.2 Å². The van der Waals surface area contributed by atoms with Crippen molar-refractivity contribution in [3.8, 4) is 0 Å². The molecule has 0 spiro atoms. The Hall–Kier alpha value is -2.19. The Morgan fingerprint density at radius 3 is 2.48 bits per heavy atom. The van der Waals surface area contributed by atoms with Crippen molar-refractivity contribution in [3.05, 3.63) is 70.2 Å². The molecule has 8 heteroatoms. The molecule has 29 heavy (non-hydrogen) atoms. The molecule has 1 heterocycles. The van der Waals surface area contributed by atoms with Crippen molar-refractivity contribution in [2.24, 2.45) is 5.16 Å². The summed E-state index contributed by atoms with van der Waals surface area (Å²) >= 11 is 3.39. The van der Waals surface area contributed by atoms with Gasteiger partial charge in [-0.3, -0.25) is 4.79 Å². The fourth-order valence-corrected chi connectivity index (χ4v) is 4.16. The Morgan fingerprint density at radius 1 is 1.21 bits per heavy atom. The molecule has 1 aliphatic heterocycles. The lowest BCUT2D eigenvalue weighted by atomic mass is 9.97. The molecule has 0 fully saturated rings. The Labute approximate surface area is 178 Å². The molecule has 1 aliphatic rings. The largest absolute Gasteiger partial charge is 0.460 e. The first-order valence-electron chi connectivity index (χ1n) is 9.08. The van der Waals surface area contributed by atoms with Gasteiger partial charge in [0.25, 0.3) is 0 Å². The van der Waals surface area contributed by atoms with Crippen molar-refractivity contribution in [1.29, 1.82) is 0 Å². The second-order valence-corrected chi connectivity index (χ2v) is 10.6. The second kappa shape index (κ2) is 8.67. The van der Waals surface area contributed by atoms with Gasteiger partial charge in [0.05, 0.1) is 5.71 Å². The van der Waals surface area contributed by atoms with E-state index in [1.165, 1.54) is 6.92 Å². The van der Waals surface area contributed by atoms with E-state index in [0.29, 0.717) is 6.42 Å². The van der Waals surface area contributed by atoms with E-state index < -0.39 is 26.7 Å². The summed E-state index contributed by atoms with van der Waals surface area (Å²) in [5.41, 5.74) is 2.40. The van der Waals surface area contributed by atoms with E-state index >= 15 is 0 Å². The van der Waals surface area contributed by atoms with E-state index in [0.717, 1.165) is 27.6 Å². The van der Waals surface area contributed by atoms with Gasteiger partial charge < -0.3 is 9.57 Å². The first-order chi connectivity index (χ1) is 13.7. The number of sulfone groups is 1. The zero-order valence-electron chi connectivity index (χ0n) is 16.2. The normalized spacial score (nSPS) is 18.4. The zero-order chi connectivity index (χ0) is 21.1. The maximum Gasteiger partial charge on any atom is 0.327 e. The van der Waals surface area contributed by atoms with Gasteiger partial charge in [-0.1, -0.05) is 63.6 Å². The van der Waals surface area contributed by atoms with Crippen molar-refractivity contribution in [3.63, 3.8) is 0 Å². The standard InChI is InChI=1S/C21H22BrNO5S/c1-21(29(2,25)26,20(24)27-14-15-6-4-3-5-7-15)13-18-12-19(23-28-18)16-8-10-17(22)11-9-16/h3-11,18H,12-14H2,1-2H3. The van der Waals surface area contributed by atoms with Gasteiger partial charge in [-0.15, -0.1) is 0 Å². The first-order valence-corrected chi connectivity index (χ1v) is 11.8. The van der Waals surface area contributed by atoms with Crippen LogP contribution in [0.25, 0.3) is 0 Å². The van der Waals surface area contributed by atoms with Gasteiger partial charge in [-0.2, -0.15) is 0 Å². The number of esters is 1. The van der Waals surface area contributed by atoms with Crippen molar-refractivity contribution in [2.75, 3.05) is 6.26 Å². The van der Waals surface area contributed by atoms with Gasteiger partial charge in [0.2, 0.25) is 0 Å². The summed E-state index contributed by atoms with van der Waals surface area (Å²) in [7, 11) is -3.75. The lowest BCUT2D eigenvalue weighted by Gasteiger charge is -2.27. The fourth-order valence-electron chi connectivity index (χ4n) is 3.05.